The van der Waals surface area contributed by atoms with Crippen LogP contribution in [0, 0.1) is 0 Å². The van der Waals surface area contributed by atoms with Gasteiger partial charge in [-0.1, -0.05) is 62.4 Å². The number of nitrogens with two attached hydrogens (primary N) is 1. The second-order valence-corrected chi connectivity index (χ2v) is 5.33. The summed E-state index contributed by atoms with van der Waals surface area (Å²) < 4.78 is 1.86. The summed E-state index contributed by atoms with van der Waals surface area (Å²) in [5, 5.41) is 8.23. The van der Waals surface area contributed by atoms with Crippen LogP contribution in [0.2, 0.25) is 0 Å². The maximum Gasteiger partial charge on any atom is 0.0828 e. The summed E-state index contributed by atoms with van der Waals surface area (Å²) in [6.07, 6.45) is 9.08. The minimum absolute atomic E-state index is 0.0850. The Morgan fingerprint density at radius 2 is 1.90 bits per heavy atom. The topological polar surface area (TPSA) is 68.8 Å². The molecule has 1 heterocycles. The first kappa shape index (κ1) is 15.7. The van der Waals surface area contributed by atoms with E-state index in [4.69, 9.17) is 5.84 Å². The fourth-order valence-electron chi connectivity index (χ4n) is 2.52. The molecule has 0 amide bonds. The number of nitrogens with zero attached hydrogens (tertiary/aromatic N) is 3. The molecular formula is C16H25N5. The predicted octanol–water partition coefficient (Wildman–Crippen LogP) is 3.13. The third-order valence-corrected chi connectivity index (χ3v) is 3.73. The average molecular weight is 287 g/mol. The largest absolute Gasteiger partial charge is 0.271 e. The average Bonchev–Trinajstić information content (AvgIpc) is 3.01. The number of hydrogen-bond donors (Lipinski definition) is 2. The summed E-state index contributed by atoms with van der Waals surface area (Å²) in [5.74, 6) is 5.73. The molecule has 0 aliphatic heterocycles. The molecule has 0 aliphatic rings. The van der Waals surface area contributed by atoms with Gasteiger partial charge in [-0.15, -0.1) is 5.10 Å². The van der Waals surface area contributed by atoms with E-state index >= 15 is 0 Å². The van der Waals surface area contributed by atoms with Gasteiger partial charge in [0.05, 0.1) is 23.6 Å². The van der Waals surface area contributed by atoms with Crippen molar-refractivity contribution < 1.29 is 0 Å². The molecule has 21 heavy (non-hydrogen) atoms. The number of hydrazine groups is 1. The summed E-state index contributed by atoms with van der Waals surface area (Å²) in [6, 6.07) is 10.1. The zero-order valence-electron chi connectivity index (χ0n) is 12.7. The standard InChI is InChI=1S/C16H25N5/c1-2-3-4-5-9-12-15(19-17)16-13-18-20-21(16)14-10-7-6-8-11-14/h6-8,10-11,13,15,19H,2-5,9,12,17H2,1H3. The Morgan fingerprint density at radius 3 is 2.62 bits per heavy atom. The maximum absolute atomic E-state index is 5.73. The van der Waals surface area contributed by atoms with Gasteiger partial charge in [0.25, 0.3) is 0 Å². The molecular weight excluding hydrogens is 262 g/mol. The van der Waals surface area contributed by atoms with E-state index in [1.807, 2.05) is 35.0 Å². The van der Waals surface area contributed by atoms with Gasteiger partial charge in [0.15, 0.2) is 0 Å². The van der Waals surface area contributed by atoms with Crippen molar-refractivity contribution >= 4 is 0 Å². The highest BCUT2D eigenvalue weighted by atomic mass is 15.4. The van der Waals surface area contributed by atoms with Crippen molar-refractivity contribution in [1.82, 2.24) is 20.4 Å². The van der Waals surface area contributed by atoms with Crippen LogP contribution in [0.15, 0.2) is 36.5 Å². The van der Waals surface area contributed by atoms with Gasteiger partial charge in [-0.25, -0.2) is 4.68 Å². The van der Waals surface area contributed by atoms with Gasteiger partial charge >= 0.3 is 0 Å². The van der Waals surface area contributed by atoms with Crippen LogP contribution in [0.3, 0.4) is 0 Å². The first-order valence-corrected chi connectivity index (χ1v) is 7.79. The smallest absolute Gasteiger partial charge is 0.0828 e. The van der Waals surface area contributed by atoms with Crippen LogP contribution in [-0.2, 0) is 0 Å². The Balaban J connectivity index is 2.01. The molecule has 0 radical (unpaired) electrons. The molecule has 5 heteroatoms. The van der Waals surface area contributed by atoms with Crippen LogP contribution in [0.25, 0.3) is 5.69 Å². The van der Waals surface area contributed by atoms with Crippen LogP contribution in [0.1, 0.15) is 57.2 Å². The van der Waals surface area contributed by atoms with Gasteiger partial charge in [-0.3, -0.25) is 11.3 Å². The molecule has 0 saturated carbocycles. The van der Waals surface area contributed by atoms with Crippen molar-refractivity contribution in [3.8, 4) is 5.69 Å². The molecule has 0 bridgehead atoms. The van der Waals surface area contributed by atoms with Crippen molar-refractivity contribution in [2.75, 3.05) is 0 Å². The lowest BCUT2D eigenvalue weighted by molar-refractivity contribution is 0.461. The van der Waals surface area contributed by atoms with E-state index in [2.05, 4.69) is 22.7 Å². The second-order valence-electron chi connectivity index (χ2n) is 5.33. The molecule has 2 aromatic rings. The summed E-state index contributed by atoms with van der Waals surface area (Å²) >= 11 is 0. The zero-order chi connectivity index (χ0) is 14.9. The lowest BCUT2D eigenvalue weighted by Gasteiger charge is -2.16. The summed E-state index contributed by atoms with van der Waals surface area (Å²) in [6.45, 7) is 2.23. The molecule has 0 aliphatic carbocycles. The Kier molecular flexibility index (Phi) is 6.37. The molecule has 0 fully saturated rings. The second kappa shape index (κ2) is 8.54. The first-order valence-electron chi connectivity index (χ1n) is 7.79. The summed E-state index contributed by atoms with van der Waals surface area (Å²) in [5.41, 5.74) is 4.93. The third-order valence-electron chi connectivity index (χ3n) is 3.73. The van der Waals surface area contributed by atoms with Crippen molar-refractivity contribution in [2.45, 2.75) is 51.5 Å². The zero-order valence-corrected chi connectivity index (χ0v) is 12.7. The van der Waals surface area contributed by atoms with Crippen molar-refractivity contribution in [2.24, 2.45) is 5.84 Å². The molecule has 0 saturated heterocycles. The van der Waals surface area contributed by atoms with E-state index in [9.17, 15) is 0 Å². The first-order chi connectivity index (χ1) is 10.4. The van der Waals surface area contributed by atoms with Crippen molar-refractivity contribution in [3.63, 3.8) is 0 Å². The van der Waals surface area contributed by atoms with Crippen LogP contribution in [0.4, 0.5) is 0 Å². The highest BCUT2D eigenvalue weighted by molar-refractivity contribution is 5.32. The van der Waals surface area contributed by atoms with E-state index in [1.165, 1.54) is 25.7 Å². The monoisotopic (exact) mass is 287 g/mol. The minimum atomic E-state index is 0.0850. The van der Waals surface area contributed by atoms with Crippen LogP contribution >= 0.6 is 0 Å². The predicted molar refractivity (Wildman–Crippen MR) is 84.8 cm³/mol. The number of benzene rings is 1. The summed E-state index contributed by atoms with van der Waals surface area (Å²) in [7, 11) is 0. The lowest BCUT2D eigenvalue weighted by Crippen LogP contribution is -2.29. The van der Waals surface area contributed by atoms with E-state index in [0.717, 1.165) is 24.2 Å². The van der Waals surface area contributed by atoms with Gasteiger partial charge < -0.3 is 0 Å². The molecule has 0 spiro atoms. The van der Waals surface area contributed by atoms with Gasteiger partial charge in [0.2, 0.25) is 0 Å². The summed E-state index contributed by atoms with van der Waals surface area (Å²) in [4.78, 5) is 0. The Hall–Kier alpha value is -1.72. The third kappa shape index (κ3) is 4.37. The number of rotatable bonds is 9. The number of hydrogen-bond acceptors (Lipinski definition) is 4. The number of aromatic nitrogens is 3. The number of para-hydroxylation sites is 1. The Labute approximate surface area is 126 Å². The van der Waals surface area contributed by atoms with Gasteiger partial charge in [-0.2, -0.15) is 0 Å². The molecule has 5 nitrogen and oxygen atoms in total. The van der Waals surface area contributed by atoms with Crippen LogP contribution in [-0.4, -0.2) is 15.0 Å². The van der Waals surface area contributed by atoms with Gasteiger partial charge in [0.1, 0.15) is 0 Å². The number of nitrogens with one attached hydrogen (secondary N) is 1. The normalized spacial score (nSPS) is 12.5. The van der Waals surface area contributed by atoms with E-state index in [0.29, 0.717) is 0 Å². The molecule has 2 rings (SSSR count). The Bertz CT molecular complexity index is 508. The molecule has 3 N–H and O–H groups in total. The van der Waals surface area contributed by atoms with E-state index < -0.39 is 0 Å². The highest BCUT2D eigenvalue weighted by Gasteiger charge is 2.16. The SMILES string of the molecule is CCCCCCCC(NN)c1cnnn1-c1ccccc1. The lowest BCUT2D eigenvalue weighted by atomic mass is 10.0. The van der Waals surface area contributed by atoms with Crippen molar-refractivity contribution in [3.05, 3.63) is 42.2 Å². The highest BCUT2D eigenvalue weighted by Crippen LogP contribution is 2.21. The molecule has 1 atom stereocenters. The fourth-order valence-corrected chi connectivity index (χ4v) is 2.52. The fraction of sp³-hybridized carbons (Fsp3) is 0.500. The van der Waals surface area contributed by atoms with Gasteiger partial charge in [0, 0.05) is 0 Å². The van der Waals surface area contributed by atoms with Crippen LogP contribution in [0.5, 0.6) is 0 Å². The van der Waals surface area contributed by atoms with E-state index in [-0.39, 0.29) is 6.04 Å². The minimum Gasteiger partial charge on any atom is -0.271 e. The van der Waals surface area contributed by atoms with Crippen LogP contribution < -0.4 is 11.3 Å². The van der Waals surface area contributed by atoms with Gasteiger partial charge in [-0.05, 0) is 18.6 Å². The molecule has 114 valence electrons. The molecule has 1 unspecified atom stereocenters. The molecule has 1 aromatic heterocycles. The maximum atomic E-state index is 5.73. The molecule has 1 aromatic carbocycles. The van der Waals surface area contributed by atoms with Crippen molar-refractivity contribution in [1.29, 1.82) is 0 Å². The Morgan fingerprint density at radius 1 is 1.14 bits per heavy atom. The number of unbranched alkanes of at least 4 members (excludes halogenated alkanes) is 4. The van der Waals surface area contributed by atoms with E-state index in [1.54, 1.807) is 6.20 Å². The quantitative estimate of drug-likeness (QED) is 0.422.